The number of anilines is 1. The van der Waals surface area contributed by atoms with Gasteiger partial charge in [0.2, 0.25) is 0 Å². The van der Waals surface area contributed by atoms with Crippen molar-refractivity contribution in [3.63, 3.8) is 0 Å². The first kappa shape index (κ1) is 22.3. The number of nitrogens with zero attached hydrogens (tertiary/aromatic N) is 2. The molecule has 0 aliphatic carbocycles. The van der Waals surface area contributed by atoms with E-state index < -0.39 is 11.9 Å². The SMILES string of the molecule is CCCC1=NN(c2ccc(Cl)cc2)C(=O)C1C/C(=C/c1ccc(Cl)c(Cl)c1)C(=O)O. The summed E-state index contributed by atoms with van der Waals surface area (Å²) in [6, 6.07) is 11.6. The van der Waals surface area contributed by atoms with Crippen molar-refractivity contribution in [2.75, 3.05) is 5.01 Å². The fourth-order valence-electron chi connectivity index (χ4n) is 3.22. The third kappa shape index (κ3) is 5.04. The van der Waals surface area contributed by atoms with Crippen molar-refractivity contribution in [3.05, 3.63) is 68.7 Å². The van der Waals surface area contributed by atoms with Gasteiger partial charge in [0.15, 0.2) is 0 Å². The van der Waals surface area contributed by atoms with E-state index in [0.717, 1.165) is 6.42 Å². The lowest BCUT2D eigenvalue weighted by Gasteiger charge is -2.15. The number of carbonyl (C=O) groups excluding carboxylic acids is 1. The Hall–Kier alpha value is -2.34. The van der Waals surface area contributed by atoms with Gasteiger partial charge in [0.05, 0.1) is 27.4 Å². The van der Waals surface area contributed by atoms with Crippen molar-refractivity contribution in [1.29, 1.82) is 0 Å². The van der Waals surface area contributed by atoms with Crippen LogP contribution in [0, 0.1) is 5.92 Å². The fraction of sp³-hybridized carbons (Fsp3) is 0.227. The van der Waals surface area contributed by atoms with Gasteiger partial charge >= 0.3 is 5.97 Å². The van der Waals surface area contributed by atoms with Gasteiger partial charge in [0.25, 0.3) is 5.91 Å². The smallest absolute Gasteiger partial charge is 0.331 e. The van der Waals surface area contributed by atoms with Gasteiger partial charge in [-0.2, -0.15) is 5.10 Å². The minimum atomic E-state index is -1.10. The molecule has 1 aliphatic heterocycles. The summed E-state index contributed by atoms with van der Waals surface area (Å²) in [4.78, 5) is 25.0. The van der Waals surface area contributed by atoms with Gasteiger partial charge in [-0.15, -0.1) is 0 Å². The third-order valence-electron chi connectivity index (χ3n) is 4.70. The Labute approximate surface area is 189 Å². The molecule has 0 aromatic heterocycles. The summed E-state index contributed by atoms with van der Waals surface area (Å²) in [5.74, 6) is -2.01. The van der Waals surface area contributed by atoms with Crippen LogP contribution in [-0.2, 0) is 9.59 Å². The van der Waals surface area contributed by atoms with E-state index in [0.29, 0.717) is 38.5 Å². The minimum absolute atomic E-state index is 0.0251. The average molecular weight is 466 g/mol. The molecule has 5 nitrogen and oxygen atoms in total. The lowest BCUT2D eigenvalue weighted by atomic mass is 9.91. The van der Waals surface area contributed by atoms with E-state index in [2.05, 4.69) is 5.10 Å². The molecule has 8 heteroatoms. The highest BCUT2D eigenvalue weighted by atomic mass is 35.5. The molecule has 0 spiro atoms. The van der Waals surface area contributed by atoms with Crippen LogP contribution in [0.1, 0.15) is 31.7 Å². The lowest BCUT2D eigenvalue weighted by molar-refractivity contribution is -0.132. The molecule has 3 rings (SSSR count). The van der Waals surface area contributed by atoms with E-state index in [1.165, 1.54) is 11.1 Å². The third-order valence-corrected chi connectivity index (χ3v) is 5.69. The molecule has 1 aliphatic rings. The van der Waals surface area contributed by atoms with Gasteiger partial charge in [-0.05, 0) is 60.9 Å². The number of rotatable bonds is 7. The second kappa shape index (κ2) is 9.65. The number of carboxylic acid groups (broad SMARTS) is 1. The van der Waals surface area contributed by atoms with Gasteiger partial charge < -0.3 is 5.11 Å². The van der Waals surface area contributed by atoms with Gasteiger partial charge in [-0.3, -0.25) is 4.79 Å². The molecule has 1 amide bonds. The van der Waals surface area contributed by atoms with Crippen LogP contribution in [0.15, 0.2) is 53.1 Å². The number of hydrazone groups is 1. The standard InChI is InChI=1S/C22H19Cl3N2O3/c1-2-3-20-17(21(28)27(26-20)16-7-5-15(23)6-8-16)12-14(22(29)30)10-13-4-9-18(24)19(25)11-13/h4-11,17H,2-3,12H2,1H3,(H,29,30)/b14-10-. The molecule has 0 saturated heterocycles. The molecule has 156 valence electrons. The lowest BCUT2D eigenvalue weighted by Crippen LogP contribution is -2.28. The van der Waals surface area contributed by atoms with E-state index >= 15 is 0 Å². The van der Waals surface area contributed by atoms with Crippen molar-refractivity contribution in [2.24, 2.45) is 11.0 Å². The predicted octanol–water partition coefficient (Wildman–Crippen LogP) is 6.32. The second-order valence-corrected chi connectivity index (χ2v) is 8.12. The van der Waals surface area contributed by atoms with Gasteiger partial charge in [-0.25, -0.2) is 9.80 Å². The first-order chi connectivity index (χ1) is 14.3. The predicted molar refractivity (Wildman–Crippen MR) is 121 cm³/mol. The number of hydrogen-bond acceptors (Lipinski definition) is 3. The molecule has 1 heterocycles. The zero-order valence-electron chi connectivity index (χ0n) is 16.1. The van der Waals surface area contributed by atoms with E-state index in [-0.39, 0.29) is 17.9 Å². The van der Waals surface area contributed by atoms with Crippen molar-refractivity contribution in [2.45, 2.75) is 26.2 Å². The Bertz CT molecular complexity index is 1030. The molecule has 0 fully saturated rings. The molecule has 0 radical (unpaired) electrons. The highest BCUT2D eigenvalue weighted by Gasteiger charge is 2.37. The second-order valence-electron chi connectivity index (χ2n) is 6.87. The number of amides is 1. The van der Waals surface area contributed by atoms with Crippen LogP contribution >= 0.6 is 34.8 Å². The maximum atomic E-state index is 13.1. The molecule has 1 N–H and O–H groups in total. The van der Waals surface area contributed by atoms with Crippen LogP contribution in [0.25, 0.3) is 6.08 Å². The number of benzene rings is 2. The Balaban J connectivity index is 1.91. The topological polar surface area (TPSA) is 70.0 Å². The largest absolute Gasteiger partial charge is 0.478 e. The van der Waals surface area contributed by atoms with Crippen LogP contribution in [0.2, 0.25) is 15.1 Å². The number of carbonyl (C=O) groups is 2. The Kier molecular flexibility index (Phi) is 7.19. The molecule has 2 aromatic carbocycles. The number of halogens is 3. The summed E-state index contributed by atoms with van der Waals surface area (Å²) < 4.78 is 0. The van der Waals surface area contributed by atoms with Gasteiger partial charge in [0, 0.05) is 10.6 Å². The first-order valence-electron chi connectivity index (χ1n) is 9.36. The number of aliphatic carboxylic acids is 1. The Morgan fingerprint density at radius 3 is 2.43 bits per heavy atom. The van der Waals surface area contributed by atoms with E-state index in [1.807, 2.05) is 6.92 Å². The number of hydrogen-bond donors (Lipinski definition) is 1. The van der Waals surface area contributed by atoms with Crippen LogP contribution in [0.4, 0.5) is 5.69 Å². The quantitative estimate of drug-likeness (QED) is 0.486. The molecule has 1 unspecified atom stereocenters. The fourth-order valence-corrected chi connectivity index (χ4v) is 3.65. The maximum absolute atomic E-state index is 13.1. The summed E-state index contributed by atoms with van der Waals surface area (Å²) in [6.07, 6.45) is 2.92. The first-order valence-corrected chi connectivity index (χ1v) is 10.5. The maximum Gasteiger partial charge on any atom is 0.331 e. The molecule has 2 aromatic rings. The summed E-state index contributed by atoms with van der Waals surface area (Å²) >= 11 is 17.9. The zero-order valence-corrected chi connectivity index (χ0v) is 18.4. The summed E-state index contributed by atoms with van der Waals surface area (Å²) in [5, 5.41) is 16.8. The molecule has 1 atom stereocenters. The molecule has 30 heavy (non-hydrogen) atoms. The van der Waals surface area contributed by atoms with Crippen LogP contribution in [0.3, 0.4) is 0 Å². The molecular weight excluding hydrogens is 447 g/mol. The Morgan fingerprint density at radius 1 is 1.13 bits per heavy atom. The molecular formula is C22H19Cl3N2O3. The normalized spacial score (nSPS) is 16.7. The van der Waals surface area contributed by atoms with Crippen LogP contribution in [-0.4, -0.2) is 22.7 Å². The van der Waals surface area contributed by atoms with E-state index in [4.69, 9.17) is 34.8 Å². The highest BCUT2D eigenvalue weighted by Crippen LogP contribution is 2.31. The van der Waals surface area contributed by atoms with Crippen LogP contribution in [0.5, 0.6) is 0 Å². The van der Waals surface area contributed by atoms with Crippen molar-refractivity contribution in [1.82, 2.24) is 0 Å². The zero-order chi connectivity index (χ0) is 21.8. The molecule has 0 bridgehead atoms. The van der Waals surface area contributed by atoms with Crippen molar-refractivity contribution >= 4 is 64.2 Å². The van der Waals surface area contributed by atoms with Crippen molar-refractivity contribution < 1.29 is 14.7 Å². The monoisotopic (exact) mass is 464 g/mol. The van der Waals surface area contributed by atoms with Gasteiger partial charge in [0.1, 0.15) is 0 Å². The highest BCUT2D eigenvalue weighted by molar-refractivity contribution is 6.42. The van der Waals surface area contributed by atoms with Gasteiger partial charge in [-0.1, -0.05) is 54.2 Å². The van der Waals surface area contributed by atoms with E-state index in [9.17, 15) is 14.7 Å². The summed E-state index contributed by atoms with van der Waals surface area (Å²) in [5.41, 5.74) is 1.94. The van der Waals surface area contributed by atoms with Crippen molar-refractivity contribution in [3.8, 4) is 0 Å². The summed E-state index contributed by atoms with van der Waals surface area (Å²) in [6.45, 7) is 1.98. The average Bonchev–Trinajstić information content (AvgIpc) is 3.00. The summed E-state index contributed by atoms with van der Waals surface area (Å²) in [7, 11) is 0. The minimum Gasteiger partial charge on any atom is -0.478 e. The van der Waals surface area contributed by atoms with E-state index in [1.54, 1.807) is 42.5 Å². The molecule has 0 saturated carbocycles. The number of carboxylic acids is 1. The van der Waals surface area contributed by atoms with Crippen LogP contribution < -0.4 is 5.01 Å². The Morgan fingerprint density at radius 2 is 1.83 bits per heavy atom.